The molecule has 4 nitrogen and oxygen atoms in total. The minimum absolute atomic E-state index is 0.406. The molecule has 0 saturated carbocycles. The Kier molecular flexibility index (Phi) is 7.34. The van der Waals surface area contributed by atoms with E-state index in [-0.39, 0.29) is 0 Å². The zero-order valence-corrected chi connectivity index (χ0v) is 13.7. The van der Waals surface area contributed by atoms with Gasteiger partial charge in [-0.3, -0.25) is 0 Å². The van der Waals surface area contributed by atoms with E-state index in [9.17, 15) is 0 Å². The minimum atomic E-state index is 0.406. The van der Waals surface area contributed by atoms with Gasteiger partial charge in [0.2, 0.25) is 0 Å². The quantitative estimate of drug-likeness (QED) is 0.662. The summed E-state index contributed by atoms with van der Waals surface area (Å²) in [4.78, 5) is 8.82. The van der Waals surface area contributed by atoms with Crippen molar-refractivity contribution in [2.24, 2.45) is 5.92 Å². The van der Waals surface area contributed by atoms with E-state index >= 15 is 0 Å². The molecule has 1 heterocycles. The average Bonchev–Trinajstić information content (AvgIpc) is 2.40. The molecule has 0 aliphatic rings. The standard InChI is InChI=1S/C16H30N4/c1-6-9-17-15-14(13(4)5)16(20-11-19-15)18-10-7-8-12(2)3/h11-13H,6-10H2,1-5H3,(H2,17,18,19,20). The van der Waals surface area contributed by atoms with Gasteiger partial charge in [-0.15, -0.1) is 0 Å². The van der Waals surface area contributed by atoms with Gasteiger partial charge in [-0.1, -0.05) is 34.6 Å². The zero-order valence-electron chi connectivity index (χ0n) is 13.7. The van der Waals surface area contributed by atoms with Gasteiger partial charge in [0, 0.05) is 18.7 Å². The van der Waals surface area contributed by atoms with E-state index in [1.165, 1.54) is 18.4 Å². The number of nitrogens with zero attached hydrogens (tertiary/aromatic N) is 2. The second-order valence-corrected chi connectivity index (χ2v) is 6.03. The number of hydrogen-bond donors (Lipinski definition) is 2. The molecule has 2 N–H and O–H groups in total. The van der Waals surface area contributed by atoms with Gasteiger partial charge in [0.15, 0.2) is 0 Å². The first-order valence-corrected chi connectivity index (χ1v) is 7.88. The van der Waals surface area contributed by atoms with Crippen molar-refractivity contribution in [3.63, 3.8) is 0 Å². The maximum absolute atomic E-state index is 4.42. The lowest BCUT2D eigenvalue weighted by molar-refractivity contribution is 0.566. The predicted molar refractivity (Wildman–Crippen MR) is 87.5 cm³/mol. The molecule has 0 aliphatic carbocycles. The van der Waals surface area contributed by atoms with Crippen LogP contribution in [-0.2, 0) is 0 Å². The second-order valence-electron chi connectivity index (χ2n) is 6.03. The fraction of sp³-hybridized carbons (Fsp3) is 0.750. The van der Waals surface area contributed by atoms with Crippen molar-refractivity contribution < 1.29 is 0 Å². The van der Waals surface area contributed by atoms with Crippen LogP contribution in [0.15, 0.2) is 6.33 Å². The summed E-state index contributed by atoms with van der Waals surface area (Å²) in [7, 11) is 0. The number of hydrogen-bond acceptors (Lipinski definition) is 4. The first-order valence-electron chi connectivity index (χ1n) is 7.88. The lowest BCUT2D eigenvalue weighted by Gasteiger charge is -2.18. The van der Waals surface area contributed by atoms with Crippen LogP contribution < -0.4 is 10.6 Å². The minimum Gasteiger partial charge on any atom is -0.370 e. The summed E-state index contributed by atoms with van der Waals surface area (Å²) < 4.78 is 0. The highest BCUT2D eigenvalue weighted by atomic mass is 15.1. The third-order valence-corrected chi connectivity index (χ3v) is 3.25. The van der Waals surface area contributed by atoms with Gasteiger partial charge in [0.1, 0.15) is 18.0 Å². The summed E-state index contributed by atoms with van der Waals surface area (Å²) in [6.45, 7) is 13.0. The highest BCUT2D eigenvalue weighted by Gasteiger charge is 2.14. The average molecular weight is 278 g/mol. The lowest BCUT2D eigenvalue weighted by atomic mass is 10.0. The van der Waals surface area contributed by atoms with Gasteiger partial charge in [0.25, 0.3) is 0 Å². The summed E-state index contributed by atoms with van der Waals surface area (Å²) >= 11 is 0. The van der Waals surface area contributed by atoms with E-state index in [1.54, 1.807) is 6.33 Å². The van der Waals surface area contributed by atoms with Crippen molar-refractivity contribution in [2.75, 3.05) is 23.7 Å². The van der Waals surface area contributed by atoms with Crippen LogP contribution in [0, 0.1) is 5.92 Å². The molecule has 0 fully saturated rings. The Morgan fingerprint density at radius 1 is 1.00 bits per heavy atom. The Bertz CT molecular complexity index is 388. The Morgan fingerprint density at radius 2 is 1.60 bits per heavy atom. The predicted octanol–water partition coefficient (Wildman–Crippen LogP) is 4.27. The monoisotopic (exact) mass is 278 g/mol. The van der Waals surface area contributed by atoms with Crippen LogP contribution in [0.2, 0.25) is 0 Å². The van der Waals surface area contributed by atoms with Crippen LogP contribution in [0.4, 0.5) is 11.6 Å². The Labute approximate surface area is 123 Å². The number of anilines is 2. The maximum atomic E-state index is 4.42. The highest BCUT2D eigenvalue weighted by Crippen LogP contribution is 2.28. The van der Waals surface area contributed by atoms with Crippen molar-refractivity contribution >= 4 is 11.6 Å². The van der Waals surface area contributed by atoms with Gasteiger partial charge in [-0.25, -0.2) is 9.97 Å². The van der Waals surface area contributed by atoms with Crippen molar-refractivity contribution in [2.45, 2.75) is 59.8 Å². The Balaban J connectivity index is 2.73. The largest absolute Gasteiger partial charge is 0.370 e. The number of aromatic nitrogens is 2. The molecule has 0 aliphatic heterocycles. The first-order chi connectivity index (χ1) is 9.56. The van der Waals surface area contributed by atoms with E-state index in [0.717, 1.165) is 37.1 Å². The van der Waals surface area contributed by atoms with Crippen LogP contribution in [0.5, 0.6) is 0 Å². The summed E-state index contributed by atoms with van der Waals surface area (Å²) in [6, 6.07) is 0. The molecule has 0 amide bonds. The van der Waals surface area contributed by atoms with E-state index < -0.39 is 0 Å². The van der Waals surface area contributed by atoms with Crippen molar-refractivity contribution in [3.05, 3.63) is 11.9 Å². The second kappa shape index (κ2) is 8.77. The smallest absolute Gasteiger partial charge is 0.134 e. The molecule has 0 spiro atoms. The summed E-state index contributed by atoms with van der Waals surface area (Å²) in [5, 5.41) is 6.88. The molecule has 1 aromatic heterocycles. The molecule has 0 radical (unpaired) electrons. The van der Waals surface area contributed by atoms with E-state index in [0.29, 0.717) is 5.92 Å². The molecule has 114 valence electrons. The SMILES string of the molecule is CCCNc1ncnc(NCCCC(C)C)c1C(C)C. The van der Waals surface area contributed by atoms with Gasteiger partial charge in [-0.2, -0.15) is 0 Å². The van der Waals surface area contributed by atoms with Crippen LogP contribution in [-0.4, -0.2) is 23.1 Å². The molecule has 0 atom stereocenters. The maximum Gasteiger partial charge on any atom is 0.134 e. The molecule has 0 bridgehead atoms. The van der Waals surface area contributed by atoms with E-state index in [2.05, 4.69) is 55.2 Å². The highest BCUT2D eigenvalue weighted by molar-refractivity contribution is 5.58. The molecule has 20 heavy (non-hydrogen) atoms. The fourth-order valence-corrected chi connectivity index (χ4v) is 2.18. The molecular weight excluding hydrogens is 248 g/mol. The topological polar surface area (TPSA) is 49.8 Å². The van der Waals surface area contributed by atoms with Crippen LogP contribution in [0.3, 0.4) is 0 Å². The molecule has 0 aromatic carbocycles. The van der Waals surface area contributed by atoms with Crippen molar-refractivity contribution in [3.8, 4) is 0 Å². The Morgan fingerprint density at radius 3 is 2.10 bits per heavy atom. The third-order valence-electron chi connectivity index (χ3n) is 3.25. The normalized spacial score (nSPS) is 11.2. The molecule has 1 rings (SSSR count). The van der Waals surface area contributed by atoms with Crippen LogP contribution in [0.1, 0.15) is 65.4 Å². The van der Waals surface area contributed by atoms with Crippen LogP contribution >= 0.6 is 0 Å². The third kappa shape index (κ3) is 5.35. The summed E-state index contributed by atoms with van der Waals surface area (Å²) in [6.07, 6.45) is 5.17. The van der Waals surface area contributed by atoms with Gasteiger partial charge in [-0.05, 0) is 31.1 Å². The summed E-state index contributed by atoms with van der Waals surface area (Å²) in [5.41, 5.74) is 1.20. The number of rotatable bonds is 9. The van der Waals surface area contributed by atoms with Gasteiger partial charge < -0.3 is 10.6 Å². The van der Waals surface area contributed by atoms with Gasteiger partial charge in [0.05, 0.1) is 0 Å². The lowest BCUT2D eigenvalue weighted by Crippen LogP contribution is -2.12. The molecule has 0 saturated heterocycles. The van der Waals surface area contributed by atoms with E-state index in [4.69, 9.17) is 0 Å². The first kappa shape index (κ1) is 16.7. The fourth-order valence-electron chi connectivity index (χ4n) is 2.18. The number of nitrogens with one attached hydrogen (secondary N) is 2. The van der Waals surface area contributed by atoms with Crippen LogP contribution in [0.25, 0.3) is 0 Å². The molecule has 4 heteroatoms. The molecule has 1 aromatic rings. The molecular formula is C16H30N4. The van der Waals surface area contributed by atoms with Crippen molar-refractivity contribution in [1.29, 1.82) is 0 Å². The Hall–Kier alpha value is -1.32. The van der Waals surface area contributed by atoms with Crippen molar-refractivity contribution in [1.82, 2.24) is 9.97 Å². The molecule has 0 unspecified atom stereocenters. The summed E-state index contributed by atoms with van der Waals surface area (Å²) in [5.74, 6) is 3.12. The van der Waals surface area contributed by atoms with Gasteiger partial charge >= 0.3 is 0 Å². The van der Waals surface area contributed by atoms with E-state index in [1.807, 2.05) is 0 Å². The zero-order chi connectivity index (χ0) is 15.0.